The topological polar surface area (TPSA) is 118 Å². The molecule has 9 nitrogen and oxygen atoms in total. The van der Waals surface area contributed by atoms with Crippen molar-refractivity contribution in [2.45, 2.75) is 32.3 Å². The van der Waals surface area contributed by atoms with E-state index in [-0.39, 0.29) is 54.3 Å². The van der Waals surface area contributed by atoms with Gasteiger partial charge in [0.05, 0.1) is 16.1 Å². The summed E-state index contributed by atoms with van der Waals surface area (Å²) in [6.45, 7) is 5.92. The Morgan fingerprint density at radius 1 is 1.08 bits per heavy atom. The molecule has 1 aromatic heterocycles. The van der Waals surface area contributed by atoms with E-state index in [1.54, 1.807) is 26.8 Å². The predicted octanol–water partition coefficient (Wildman–Crippen LogP) is 4.37. The van der Waals surface area contributed by atoms with Crippen molar-refractivity contribution in [1.82, 2.24) is 14.8 Å². The van der Waals surface area contributed by atoms with Gasteiger partial charge in [-0.1, -0.05) is 32.4 Å². The molecule has 0 unspecified atom stereocenters. The Bertz CT molecular complexity index is 1330. The smallest absolute Gasteiger partial charge is 0.410 e. The number of halogens is 3. The zero-order chi connectivity index (χ0) is 27.8. The number of carbonyl (C=O) groups is 3. The number of nitrogens with zero attached hydrogens (tertiary/aromatic N) is 3. The van der Waals surface area contributed by atoms with Gasteiger partial charge in [-0.2, -0.15) is 0 Å². The number of pyridine rings is 1. The van der Waals surface area contributed by atoms with Crippen molar-refractivity contribution < 1.29 is 27.9 Å². The maximum Gasteiger partial charge on any atom is 0.410 e. The van der Waals surface area contributed by atoms with Crippen LogP contribution >= 0.6 is 23.5 Å². The number of hydrogen-bond donors (Lipinski definition) is 2. The van der Waals surface area contributed by atoms with Crippen LogP contribution in [0.3, 0.4) is 0 Å². The summed E-state index contributed by atoms with van der Waals surface area (Å²) in [5.74, 6) is -2.50. The van der Waals surface area contributed by atoms with Crippen LogP contribution in [0.25, 0.3) is 0 Å². The number of hydrogen-bond acceptors (Lipinski definition) is 7. The predicted molar refractivity (Wildman–Crippen MR) is 138 cm³/mol. The van der Waals surface area contributed by atoms with E-state index in [1.807, 2.05) is 0 Å². The number of carbonyl (C=O) groups excluding carboxylic acids is 3. The molecule has 0 atom stereocenters. The largest absolute Gasteiger partial charge is 0.443 e. The van der Waals surface area contributed by atoms with E-state index < -0.39 is 29.0 Å². The number of amides is 3. The Balaban J connectivity index is 1.34. The number of nitrogens with one attached hydrogen (secondary N) is 1. The lowest BCUT2D eigenvalue weighted by atomic mass is 9.95. The second-order valence-electron chi connectivity index (χ2n) is 9.99. The molecule has 2 aromatic rings. The highest BCUT2D eigenvalue weighted by Crippen LogP contribution is 2.29. The molecule has 1 aromatic carbocycles. The van der Waals surface area contributed by atoms with Crippen LogP contribution in [0.5, 0.6) is 0 Å². The molecule has 0 saturated carbocycles. The molecule has 3 N–H and O–H groups in total. The van der Waals surface area contributed by atoms with Gasteiger partial charge in [0.15, 0.2) is 0 Å². The molecule has 2 aliphatic rings. The van der Waals surface area contributed by atoms with E-state index in [0.29, 0.717) is 23.3 Å². The fourth-order valence-corrected chi connectivity index (χ4v) is 4.54. The quantitative estimate of drug-likeness (QED) is 0.314. The third-order valence-corrected chi connectivity index (χ3v) is 6.93. The van der Waals surface area contributed by atoms with E-state index in [9.17, 15) is 23.2 Å². The maximum absolute atomic E-state index is 14.4. The van der Waals surface area contributed by atoms with Crippen LogP contribution in [0.4, 0.5) is 19.3 Å². The van der Waals surface area contributed by atoms with Crippen LogP contribution in [0.2, 0.25) is 5.15 Å². The minimum absolute atomic E-state index is 0.0908. The SMILES string of the molecule is CC(C)(C)C(=O)Nc1ccc(Cl)nc1COC(=O)N1CC2=C(C1)CN(C(=O)c1cc(F)c(SN)cc1F)C2. The molecule has 38 heavy (non-hydrogen) atoms. The Morgan fingerprint density at radius 2 is 1.71 bits per heavy atom. The van der Waals surface area contributed by atoms with Gasteiger partial charge in [0.2, 0.25) is 5.91 Å². The number of benzene rings is 1. The van der Waals surface area contributed by atoms with Crippen molar-refractivity contribution in [3.8, 4) is 0 Å². The average molecular weight is 566 g/mol. The average Bonchev–Trinajstić information content (AvgIpc) is 3.43. The highest BCUT2D eigenvalue weighted by molar-refractivity contribution is 7.97. The summed E-state index contributed by atoms with van der Waals surface area (Å²) in [5, 5.41) is 8.27. The molecular weight excluding hydrogens is 540 g/mol. The molecule has 3 heterocycles. The van der Waals surface area contributed by atoms with E-state index in [0.717, 1.165) is 23.3 Å². The first kappa shape index (κ1) is 27.8. The fraction of sp³-hybridized carbons (Fsp3) is 0.360. The first-order valence-corrected chi connectivity index (χ1v) is 12.9. The molecule has 0 spiro atoms. The van der Waals surface area contributed by atoms with Gasteiger partial charge in [-0.25, -0.2) is 18.6 Å². The van der Waals surface area contributed by atoms with Gasteiger partial charge in [-0.05, 0) is 47.4 Å². The van der Waals surface area contributed by atoms with Crippen LogP contribution in [0, 0.1) is 17.0 Å². The van der Waals surface area contributed by atoms with Crippen molar-refractivity contribution in [1.29, 1.82) is 0 Å². The third-order valence-electron chi connectivity index (χ3n) is 6.15. The number of nitrogens with two attached hydrogens (primary N) is 1. The van der Waals surface area contributed by atoms with Crippen LogP contribution in [-0.4, -0.2) is 58.9 Å². The van der Waals surface area contributed by atoms with Gasteiger partial charge in [0, 0.05) is 31.6 Å². The normalized spacial score (nSPS) is 15.1. The van der Waals surface area contributed by atoms with Crippen LogP contribution in [0.15, 0.2) is 40.3 Å². The van der Waals surface area contributed by atoms with Gasteiger partial charge in [-0.3, -0.25) is 14.7 Å². The summed E-state index contributed by atoms with van der Waals surface area (Å²) in [5.41, 5.74) is 1.35. The number of rotatable bonds is 5. The lowest BCUT2D eigenvalue weighted by molar-refractivity contribution is -0.123. The first-order chi connectivity index (χ1) is 17.9. The van der Waals surface area contributed by atoms with E-state index in [4.69, 9.17) is 21.5 Å². The Kier molecular flexibility index (Phi) is 7.96. The standard InChI is InChI=1S/C25H26ClF2N5O4S/c1-25(2,3)23(35)31-18-4-5-21(26)30-19(18)12-37-24(36)33-10-13-8-32(9-14(13)11-33)22(34)15-6-17(28)20(38-29)7-16(15)27/h4-7H,8-12,29H2,1-3H3,(H,31,35). The van der Waals surface area contributed by atoms with Gasteiger partial charge in [0.1, 0.15) is 29.1 Å². The van der Waals surface area contributed by atoms with Crippen molar-refractivity contribution >= 4 is 47.1 Å². The molecule has 2 aliphatic heterocycles. The highest BCUT2D eigenvalue weighted by atomic mass is 35.5. The summed E-state index contributed by atoms with van der Waals surface area (Å²) >= 11 is 6.56. The van der Waals surface area contributed by atoms with Crippen molar-refractivity contribution in [3.05, 3.63) is 63.5 Å². The lowest BCUT2D eigenvalue weighted by Gasteiger charge is -2.23. The number of anilines is 1. The van der Waals surface area contributed by atoms with Crippen molar-refractivity contribution in [2.24, 2.45) is 10.6 Å². The maximum atomic E-state index is 14.4. The number of ether oxygens (including phenoxy) is 1. The molecule has 13 heteroatoms. The molecule has 3 amide bonds. The number of aromatic nitrogens is 1. The molecule has 0 fully saturated rings. The zero-order valence-corrected chi connectivity index (χ0v) is 22.5. The summed E-state index contributed by atoms with van der Waals surface area (Å²) in [7, 11) is 0. The monoisotopic (exact) mass is 565 g/mol. The van der Waals surface area contributed by atoms with E-state index in [2.05, 4.69) is 10.3 Å². The minimum atomic E-state index is -0.853. The zero-order valence-electron chi connectivity index (χ0n) is 20.9. The molecule has 0 saturated heterocycles. The van der Waals surface area contributed by atoms with Crippen LogP contribution < -0.4 is 10.5 Å². The minimum Gasteiger partial charge on any atom is -0.443 e. The summed E-state index contributed by atoms with van der Waals surface area (Å²) in [4.78, 5) is 44.9. The van der Waals surface area contributed by atoms with Crippen LogP contribution in [-0.2, 0) is 16.1 Å². The second-order valence-corrected chi connectivity index (χ2v) is 11.1. The highest BCUT2D eigenvalue weighted by Gasteiger charge is 2.36. The summed E-state index contributed by atoms with van der Waals surface area (Å²) in [6, 6.07) is 4.87. The molecule has 202 valence electrons. The molecule has 4 rings (SSSR count). The Labute approximate surface area is 227 Å². The van der Waals surface area contributed by atoms with Gasteiger partial charge < -0.3 is 19.9 Å². The summed E-state index contributed by atoms with van der Waals surface area (Å²) < 4.78 is 33.9. The van der Waals surface area contributed by atoms with Gasteiger partial charge in [0.25, 0.3) is 5.91 Å². The second kappa shape index (κ2) is 10.9. The van der Waals surface area contributed by atoms with Crippen molar-refractivity contribution in [3.63, 3.8) is 0 Å². The molecule has 0 radical (unpaired) electrons. The Morgan fingerprint density at radius 3 is 2.32 bits per heavy atom. The summed E-state index contributed by atoms with van der Waals surface area (Å²) in [6.07, 6.45) is -0.602. The van der Waals surface area contributed by atoms with Gasteiger partial charge in [-0.15, -0.1) is 0 Å². The lowest BCUT2D eigenvalue weighted by Crippen LogP contribution is -2.37. The third kappa shape index (κ3) is 5.92. The molecule has 0 aliphatic carbocycles. The van der Waals surface area contributed by atoms with E-state index in [1.165, 1.54) is 15.9 Å². The van der Waals surface area contributed by atoms with E-state index >= 15 is 0 Å². The van der Waals surface area contributed by atoms with Crippen LogP contribution in [0.1, 0.15) is 36.8 Å². The first-order valence-electron chi connectivity index (χ1n) is 11.6. The fourth-order valence-electron chi connectivity index (χ4n) is 4.04. The molecular formula is C25H26ClF2N5O4S. The van der Waals surface area contributed by atoms with Crippen molar-refractivity contribution in [2.75, 3.05) is 31.5 Å². The molecule has 0 bridgehead atoms. The van der Waals surface area contributed by atoms with Gasteiger partial charge >= 0.3 is 6.09 Å². The Hall–Kier alpha value is -3.22.